The molecule has 1 aromatic rings. The number of carbonyl (C=O) groups is 1. The Balaban J connectivity index is 1.60. The summed E-state index contributed by atoms with van der Waals surface area (Å²) in [6.07, 6.45) is 13.3. The minimum absolute atomic E-state index is 0.00421. The van der Waals surface area contributed by atoms with Crippen LogP contribution in [0.3, 0.4) is 0 Å². The van der Waals surface area contributed by atoms with E-state index in [1.165, 1.54) is 37.5 Å². The maximum absolute atomic E-state index is 11.9. The lowest BCUT2D eigenvalue weighted by Gasteiger charge is -2.58. The van der Waals surface area contributed by atoms with Crippen molar-refractivity contribution < 1.29 is 14.6 Å². The highest BCUT2D eigenvalue weighted by Gasteiger charge is 2.57. The van der Waals surface area contributed by atoms with Crippen LogP contribution < -0.4 is 0 Å². The lowest BCUT2D eigenvalue weighted by molar-refractivity contribution is -0.144. The molecule has 3 aliphatic carbocycles. The molecule has 0 spiro atoms. The number of ether oxygens (including phenoxy) is 1. The monoisotopic (exact) mass is 397 g/mol. The average Bonchev–Trinajstić information content (AvgIpc) is 3.10. The highest BCUT2D eigenvalue weighted by Crippen LogP contribution is 2.66. The number of hydrogen-bond acceptors (Lipinski definition) is 4. The Morgan fingerprint density at radius 2 is 2.10 bits per heavy atom. The van der Waals surface area contributed by atoms with Crippen LogP contribution in [0.1, 0.15) is 64.4 Å². The molecule has 2 fully saturated rings. The predicted molar refractivity (Wildman–Crippen MR) is 114 cm³/mol. The van der Waals surface area contributed by atoms with Gasteiger partial charge in [0.15, 0.2) is 0 Å². The van der Waals surface area contributed by atoms with Crippen LogP contribution in [0.25, 0.3) is 5.57 Å². The Labute approximate surface area is 174 Å². The minimum Gasteiger partial charge on any atom is -0.469 e. The molecule has 4 heteroatoms. The Kier molecular flexibility index (Phi) is 5.58. The first kappa shape index (κ1) is 20.6. The molecule has 158 valence electrons. The van der Waals surface area contributed by atoms with Crippen LogP contribution in [-0.2, 0) is 9.53 Å². The van der Waals surface area contributed by atoms with Gasteiger partial charge in [0.25, 0.3) is 0 Å². The van der Waals surface area contributed by atoms with Crippen LogP contribution >= 0.6 is 0 Å². The number of allylic oxidation sites excluding steroid dienone is 2. The van der Waals surface area contributed by atoms with Crippen molar-refractivity contribution in [3.8, 4) is 0 Å². The van der Waals surface area contributed by atoms with E-state index < -0.39 is 0 Å². The van der Waals surface area contributed by atoms with Crippen molar-refractivity contribution >= 4 is 11.5 Å². The van der Waals surface area contributed by atoms with E-state index in [0.717, 1.165) is 19.3 Å². The van der Waals surface area contributed by atoms with Crippen molar-refractivity contribution in [3.05, 3.63) is 36.2 Å². The third-order valence-electron chi connectivity index (χ3n) is 8.93. The first-order valence-corrected chi connectivity index (χ1v) is 11.2. The zero-order chi connectivity index (χ0) is 20.6. The lowest BCUT2D eigenvalue weighted by atomic mass is 9.46. The third-order valence-corrected chi connectivity index (χ3v) is 8.93. The number of nitrogens with zero attached hydrogens (tertiary/aromatic N) is 1. The maximum Gasteiger partial charge on any atom is 0.305 e. The number of pyridine rings is 1. The van der Waals surface area contributed by atoms with E-state index in [1.54, 1.807) is 0 Å². The van der Waals surface area contributed by atoms with Crippen LogP contribution in [0.2, 0.25) is 0 Å². The van der Waals surface area contributed by atoms with Crippen molar-refractivity contribution in [1.29, 1.82) is 0 Å². The second kappa shape index (κ2) is 7.86. The van der Waals surface area contributed by atoms with Crippen LogP contribution in [0.15, 0.2) is 30.6 Å². The Hall–Kier alpha value is -1.68. The molecule has 0 aliphatic heterocycles. The number of rotatable bonds is 5. The standard InChI is InChI=1S/C25H35NO3/c1-24(13-11-23(28)29-3)18(16-27)6-7-19-21-9-8-20(17-5-4-14-26-15-17)25(21,2)12-10-22(19)24/h4-5,8,14-15,18-19,21-22,27H,6-7,9-13,16H2,1-3H3. The van der Waals surface area contributed by atoms with Crippen molar-refractivity contribution in [2.75, 3.05) is 13.7 Å². The number of aromatic nitrogens is 1. The number of methoxy groups -OCH3 is 1. The molecular weight excluding hydrogens is 362 g/mol. The quantitative estimate of drug-likeness (QED) is 0.720. The highest BCUT2D eigenvalue weighted by molar-refractivity contribution is 5.72. The average molecular weight is 398 g/mol. The number of esters is 1. The summed E-state index contributed by atoms with van der Waals surface area (Å²) in [5, 5.41) is 10.1. The largest absolute Gasteiger partial charge is 0.469 e. The van der Waals surface area contributed by atoms with Gasteiger partial charge in [-0.3, -0.25) is 9.78 Å². The zero-order valence-corrected chi connectivity index (χ0v) is 18.1. The third kappa shape index (κ3) is 3.34. The van der Waals surface area contributed by atoms with Crippen LogP contribution in [0, 0.1) is 34.5 Å². The molecule has 2 saturated carbocycles. The van der Waals surface area contributed by atoms with Crippen molar-refractivity contribution in [3.63, 3.8) is 0 Å². The fourth-order valence-electron chi connectivity index (χ4n) is 7.23. The molecule has 1 N–H and O–H groups in total. The van der Waals surface area contributed by atoms with E-state index in [0.29, 0.717) is 24.2 Å². The predicted octanol–water partition coefficient (Wildman–Crippen LogP) is 4.88. The number of fused-ring (bicyclic) bond motifs is 3. The molecule has 0 aromatic carbocycles. The Morgan fingerprint density at radius 3 is 2.79 bits per heavy atom. The maximum atomic E-state index is 11.9. The van der Waals surface area contributed by atoms with Crippen LogP contribution in [0.4, 0.5) is 0 Å². The summed E-state index contributed by atoms with van der Waals surface area (Å²) in [7, 11) is 1.47. The van der Waals surface area contributed by atoms with E-state index in [2.05, 4.69) is 31.0 Å². The minimum atomic E-state index is -0.132. The van der Waals surface area contributed by atoms with E-state index in [1.807, 2.05) is 18.5 Å². The zero-order valence-electron chi connectivity index (χ0n) is 18.1. The molecule has 0 bridgehead atoms. The summed E-state index contributed by atoms with van der Waals surface area (Å²) in [6.45, 7) is 5.02. The van der Waals surface area contributed by atoms with E-state index >= 15 is 0 Å². The van der Waals surface area contributed by atoms with E-state index in [4.69, 9.17) is 4.74 Å². The number of aliphatic hydroxyl groups is 1. The van der Waals surface area contributed by atoms with Gasteiger partial charge in [-0.15, -0.1) is 0 Å². The molecule has 1 aromatic heterocycles. The molecule has 4 nitrogen and oxygen atoms in total. The molecule has 3 aliphatic rings. The Bertz CT molecular complexity index is 776. The second-order valence-electron chi connectivity index (χ2n) is 9.97. The highest BCUT2D eigenvalue weighted by atomic mass is 16.5. The lowest BCUT2D eigenvalue weighted by Crippen LogP contribution is -2.52. The fraction of sp³-hybridized carbons (Fsp3) is 0.680. The molecule has 1 heterocycles. The van der Waals surface area contributed by atoms with Gasteiger partial charge in [-0.05, 0) is 90.2 Å². The number of carbonyl (C=O) groups excluding carboxylic acids is 1. The molecule has 6 unspecified atom stereocenters. The SMILES string of the molecule is COC(=O)CCC1(C)C(CO)CCC2C3CC=C(c4cccnc4)C3(C)CCC21. The topological polar surface area (TPSA) is 59.4 Å². The molecule has 0 amide bonds. The van der Waals surface area contributed by atoms with Gasteiger partial charge in [-0.2, -0.15) is 0 Å². The molecule has 0 saturated heterocycles. The molecule has 4 rings (SSSR count). The van der Waals surface area contributed by atoms with Gasteiger partial charge in [0.05, 0.1) is 7.11 Å². The molecule has 0 radical (unpaired) electrons. The van der Waals surface area contributed by atoms with Crippen LogP contribution in [0.5, 0.6) is 0 Å². The normalized spacial score (nSPS) is 38.7. The molecule has 6 atom stereocenters. The summed E-state index contributed by atoms with van der Waals surface area (Å²) in [6, 6.07) is 4.23. The number of hydrogen-bond donors (Lipinski definition) is 1. The molecular formula is C25H35NO3. The van der Waals surface area contributed by atoms with Crippen molar-refractivity contribution in [2.24, 2.45) is 34.5 Å². The fourth-order valence-corrected chi connectivity index (χ4v) is 7.23. The first-order valence-electron chi connectivity index (χ1n) is 11.2. The van der Waals surface area contributed by atoms with Gasteiger partial charge in [0.1, 0.15) is 0 Å². The van der Waals surface area contributed by atoms with Crippen LogP contribution in [-0.4, -0.2) is 29.8 Å². The first-order chi connectivity index (χ1) is 13.9. The smallest absolute Gasteiger partial charge is 0.305 e. The van der Waals surface area contributed by atoms with Crippen molar-refractivity contribution in [2.45, 2.75) is 58.8 Å². The summed E-state index contributed by atoms with van der Waals surface area (Å²) in [4.78, 5) is 16.2. The van der Waals surface area contributed by atoms with Gasteiger partial charge < -0.3 is 9.84 Å². The van der Waals surface area contributed by atoms with E-state index in [9.17, 15) is 9.90 Å². The Morgan fingerprint density at radius 1 is 1.28 bits per heavy atom. The van der Waals surface area contributed by atoms with Gasteiger partial charge in [0, 0.05) is 25.4 Å². The number of aliphatic hydroxyl groups excluding tert-OH is 1. The summed E-state index contributed by atoms with van der Waals surface area (Å²) >= 11 is 0. The second-order valence-corrected chi connectivity index (χ2v) is 9.97. The van der Waals surface area contributed by atoms with Gasteiger partial charge in [-0.25, -0.2) is 0 Å². The molecule has 29 heavy (non-hydrogen) atoms. The van der Waals surface area contributed by atoms with Crippen molar-refractivity contribution in [1.82, 2.24) is 4.98 Å². The summed E-state index contributed by atoms with van der Waals surface area (Å²) in [5.41, 5.74) is 2.96. The van der Waals surface area contributed by atoms with E-state index in [-0.39, 0.29) is 29.3 Å². The summed E-state index contributed by atoms with van der Waals surface area (Å²) < 4.78 is 4.92. The van der Waals surface area contributed by atoms with Gasteiger partial charge in [-0.1, -0.05) is 26.0 Å². The van der Waals surface area contributed by atoms with Gasteiger partial charge in [0.2, 0.25) is 0 Å². The van der Waals surface area contributed by atoms with Gasteiger partial charge >= 0.3 is 5.97 Å². The summed E-state index contributed by atoms with van der Waals surface area (Å²) in [5.74, 6) is 2.02.